The van der Waals surface area contributed by atoms with Crippen molar-refractivity contribution in [1.82, 2.24) is 24.3 Å². The maximum atomic E-state index is 15.4. The number of allylic oxidation sites excluding steroid dienone is 1. The average molecular weight is 1140 g/mol. The van der Waals surface area contributed by atoms with Crippen molar-refractivity contribution in [3.63, 3.8) is 0 Å². The van der Waals surface area contributed by atoms with Crippen LogP contribution in [0.25, 0.3) is 11.1 Å². The van der Waals surface area contributed by atoms with Gasteiger partial charge in [0.05, 0.1) is 24.7 Å². The van der Waals surface area contributed by atoms with Gasteiger partial charge in [0.25, 0.3) is 11.8 Å². The van der Waals surface area contributed by atoms with Crippen LogP contribution in [-0.2, 0) is 47.9 Å². The second-order valence-electron chi connectivity index (χ2n) is 23.5. The van der Waals surface area contributed by atoms with Crippen molar-refractivity contribution in [1.29, 1.82) is 0 Å². The Morgan fingerprint density at radius 3 is 2.38 bits per heavy atom. The van der Waals surface area contributed by atoms with Crippen LogP contribution in [-0.4, -0.2) is 124 Å². The van der Waals surface area contributed by atoms with E-state index in [-0.39, 0.29) is 54.5 Å². The van der Waals surface area contributed by atoms with Crippen molar-refractivity contribution < 1.29 is 47.1 Å². The minimum absolute atomic E-state index is 0.0133. The number of nitrogens with one attached hydrogen (secondary N) is 1. The summed E-state index contributed by atoms with van der Waals surface area (Å²) in [6.45, 7) is 9.82. The molecule has 1 aromatic heterocycles. The molecule has 2 bridgehead atoms. The maximum Gasteiger partial charge on any atom is 0.410 e. The van der Waals surface area contributed by atoms with E-state index in [1.807, 2.05) is 88.4 Å². The number of hydrogen-bond donors (Lipinski definition) is 1. The Hall–Kier alpha value is -7.18. The molecule has 19 heteroatoms. The molecule has 3 heterocycles. The molecule has 7 atom stereocenters. The van der Waals surface area contributed by atoms with Gasteiger partial charge in [0.2, 0.25) is 11.8 Å². The summed E-state index contributed by atoms with van der Waals surface area (Å²) in [5.74, 6) is -2.79. The average Bonchev–Trinajstić information content (AvgIpc) is 3.94. The molecule has 4 amide bonds. The number of aryl methyl sites for hydroxylation is 2. The highest BCUT2D eigenvalue weighted by Crippen LogP contribution is 2.48. The van der Waals surface area contributed by atoms with Crippen molar-refractivity contribution in [3.8, 4) is 22.8 Å². The number of aromatic nitrogens is 2. The molecule has 5 aromatic rings. The molecule has 17 nitrogen and oxygen atoms in total. The number of halogens is 1. The fourth-order valence-electron chi connectivity index (χ4n) is 12.3. The fraction of sp³-hybridized carbons (Fsp3) is 0.452. The standard InChI is InChI=1S/C62H72ClN7O10S/c1-38-15-13-21-53(80-56(72)34-67(6)55(71)33-70(61(3,4)5)60(75)78-35-50-47-19-11-9-17-45(47)46-18-10-12-20-48(46)50)44-25-22-42(44)31-69-36-62(28-14-16-40-29-43(63)24-26-51(40)62)37-79-54-27-23-41(30-52(54)69)57(73)65-81(76,39(38)2)66-58(74)49-32-68(7)64-59(49)77-8/h9-13,17-21,23-24,26-27,29-30,32,38-39,42,44,50,53H,14-16,22,25,28,31,33-37H2,1-8H3,(H,65,66,73,74,76)/b21-13+. The summed E-state index contributed by atoms with van der Waals surface area (Å²) in [6, 6.07) is 27.4. The summed E-state index contributed by atoms with van der Waals surface area (Å²) in [5.41, 5.74) is 6.27. The van der Waals surface area contributed by atoms with Crippen LogP contribution in [0.4, 0.5) is 10.5 Å². The van der Waals surface area contributed by atoms with Gasteiger partial charge in [0.15, 0.2) is 0 Å². The number of nitrogens with zero attached hydrogens (tertiary/aromatic N) is 6. The Morgan fingerprint density at radius 1 is 0.963 bits per heavy atom. The van der Waals surface area contributed by atoms with E-state index in [1.54, 1.807) is 32.2 Å². The number of hydrogen-bond acceptors (Lipinski definition) is 12. The predicted molar refractivity (Wildman–Crippen MR) is 310 cm³/mol. The molecule has 0 saturated heterocycles. The van der Waals surface area contributed by atoms with Gasteiger partial charge >= 0.3 is 12.1 Å². The van der Waals surface area contributed by atoms with Crippen molar-refractivity contribution in [2.75, 3.05) is 58.5 Å². The van der Waals surface area contributed by atoms with Crippen LogP contribution in [0.5, 0.6) is 11.6 Å². The third-order valence-electron chi connectivity index (χ3n) is 17.2. The number of fused-ring (bicyclic) bond motifs is 7. The molecule has 3 aliphatic carbocycles. The fourth-order valence-corrected chi connectivity index (χ4v) is 14.4. The molecular weight excluding hydrogens is 1070 g/mol. The van der Waals surface area contributed by atoms with E-state index >= 15 is 4.21 Å². The van der Waals surface area contributed by atoms with Crippen LogP contribution in [0.15, 0.2) is 108 Å². The van der Waals surface area contributed by atoms with Crippen LogP contribution < -0.4 is 19.1 Å². The van der Waals surface area contributed by atoms with Crippen molar-refractivity contribution in [2.45, 2.75) is 101 Å². The van der Waals surface area contributed by atoms with E-state index in [0.29, 0.717) is 42.6 Å². The van der Waals surface area contributed by atoms with Crippen molar-refractivity contribution >= 4 is 57.0 Å². The van der Waals surface area contributed by atoms with Crippen LogP contribution in [0.3, 0.4) is 0 Å². The molecule has 428 valence electrons. The van der Waals surface area contributed by atoms with Gasteiger partial charge in [-0.3, -0.25) is 33.5 Å². The van der Waals surface area contributed by atoms with Gasteiger partial charge < -0.3 is 28.7 Å². The molecule has 4 aromatic carbocycles. The van der Waals surface area contributed by atoms with Gasteiger partial charge in [-0.15, -0.1) is 9.46 Å². The van der Waals surface area contributed by atoms with Gasteiger partial charge in [0, 0.05) is 66.8 Å². The molecule has 2 aliphatic heterocycles. The Bertz CT molecular complexity index is 3390. The number of carbonyl (C=O) groups excluding carboxylic acids is 5. The molecule has 0 radical (unpaired) electrons. The van der Waals surface area contributed by atoms with E-state index in [1.165, 1.54) is 40.4 Å². The molecule has 1 saturated carbocycles. The molecule has 10 rings (SSSR count). The Morgan fingerprint density at radius 2 is 1.69 bits per heavy atom. The SMILES string of the molecule is COc1nn(C)cc1C(=O)NS1(=O)=NC(=O)c2ccc3c(c2)N(CC2CCC2C(OC(=O)CN(C)C(=O)CN(C(=O)OCC2c4ccccc4-c4ccccc42)C(C)(C)C)/C=C/CC(C)C1C)CC1(CCCc2cc(Cl)ccc21)CO3. The van der Waals surface area contributed by atoms with E-state index < -0.39 is 67.9 Å². The Balaban J connectivity index is 0.917. The molecule has 1 N–H and O–H groups in total. The maximum absolute atomic E-state index is 15.4. The second-order valence-corrected chi connectivity index (χ2v) is 26.2. The quantitative estimate of drug-likeness (QED) is 0.103. The topological polar surface area (TPSA) is 191 Å². The van der Waals surface area contributed by atoms with E-state index in [0.717, 1.165) is 59.9 Å². The number of anilines is 1. The number of carbonyl (C=O) groups is 5. The summed E-state index contributed by atoms with van der Waals surface area (Å²) in [6.07, 6.45) is 8.35. The molecule has 5 aliphatic rings. The number of rotatable bonds is 10. The number of methoxy groups -OCH3 is 1. The highest BCUT2D eigenvalue weighted by atomic mass is 35.5. The van der Waals surface area contributed by atoms with E-state index in [4.69, 9.17) is 30.5 Å². The monoisotopic (exact) mass is 1140 g/mol. The summed E-state index contributed by atoms with van der Waals surface area (Å²) in [7, 11) is 0.630. The zero-order chi connectivity index (χ0) is 57.5. The van der Waals surface area contributed by atoms with Gasteiger partial charge in [0.1, 0.15) is 47.0 Å². The summed E-state index contributed by atoms with van der Waals surface area (Å²) in [5, 5.41) is 3.98. The third-order valence-corrected chi connectivity index (χ3v) is 19.8. The minimum atomic E-state index is -3.88. The minimum Gasteiger partial charge on any atom is -0.490 e. The number of esters is 1. The first-order chi connectivity index (χ1) is 38.6. The lowest BCUT2D eigenvalue weighted by Crippen LogP contribution is -2.52. The molecule has 1 spiro atoms. The number of benzene rings is 4. The highest BCUT2D eigenvalue weighted by Gasteiger charge is 2.46. The molecule has 1 fully saturated rings. The molecule has 7 unspecified atom stereocenters. The normalized spacial score (nSPS) is 24.5. The zero-order valence-corrected chi connectivity index (χ0v) is 48.9. The highest BCUT2D eigenvalue weighted by molar-refractivity contribution is 7.93. The van der Waals surface area contributed by atoms with Crippen molar-refractivity contribution in [2.24, 2.45) is 29.2 Å². The van der Waals surface area contributed by atoms with E-state index in [9.17, 15) is 24.0 Å². The van der Waals surface area contributed by atoms with Crippen molar-refractivity contribution in [3.05, 3.63) is 142 Å². The zero-order valence-electron chi connectivity index (χ0n) is 47.3. The molecular formula is C62H72ClN7O10S. The first kappa shape index (κ1) is 57.1. The lowest BCUT2D eigenvalue weighted by molar-refractivity contribution is -0.156. The molecule has 81 heavy (non-hydrogen) atoms. The second kappa shape index (κ2) is 23.0. The van der Waals surface area contributed by atoms with E-state index in [2.05, 4.69) is 37.3 Å². The Kier molecular flexibility index (Phi) is 16.2. The predicted octanol–water partition coefficient (Wildman–Crippen LogP) is 9.94. The van der Waals surface area contributed by atoms with Crippen LogP contribution in [0.1, 0.15) is 116 Å². The van der Waals surface area contributed by atoms with Gasteiger partial charge in [-0.1, -0.05) is 79.2 Å². The van der Waals surface area contributed by atoms with Gasteiger partial charge in [-0.05, 0) is 148 Å². The number of likely N-dealkylation sites (N-methyl/N-ethyl adjacent to an activating group) is 1. The number of ether oxygens (including phenoxy) is 4. The summed E-state index contributed by atoms with van der Waals surface area (Å²) >= 11 is 6.57. The third kappa shape index (κ3) is 11.7. The summed E-state index contributed by atoms with van der Waals surface area (Å²) < 4.78 is 48.3. The lowest BCUT2D eigenvalue weighted by Gasteiger charge is -2.46. The summed E-state index contributed by atoms with van der Waals surface area (Å²) in [4.78, 5) is 75.8. The first-order valence-electron chi connectivity index (χ1n) is 27.9. The van der Waals surface area contributed by atoms with Crippen LogP contribution in [0, 0.1) is 17.8 Å². The Labute approximate surface area is 479 Å². The van der Waals surface area contributed by atoms with Crippen LogP contribution >= 0.6 is 11.6 Å². The largest absolute Gasteiger partial charge is 0.490 e. The smallest absolute Gasteiger partial charge is 0.410 e. The number of amides is 4. The van der Waals surface area contributed by atoms with Gasteiger partial charge in [-0.2, -0.15) is 0 Å². The lowest BCUT2D eigenvalue weighted by atomic mass is 9.68. The van der Waals surface area contributed by atoms with Gasteiger partial charge in [-0.25, -0.2) is 9.00 Å². The first-order valence-corrected chi connectivity index (χ1v) is 29.8. The van der Waals surface area contributed by atoms with Crippen LogP contribution in [0.2, 0.25) is 5.02 Å².